The molecule has 0 saturated heterocycles. The lowest BCUT2D eigenvalue weighted by Gasteiger charge is -2.26. The highest BCUT2D eigenvalue weighted by Gasteiger charge is 2.31. The Hall–Kier alpha value is -1.06. The van der Waals surface area contributed by atoms with Gasteiger partial charge in [-0.05, 0) is 49.4 Å². The highest BCUT2D eigenvalue weighted by Crippen LogP contribution is 2.38. The van der Waals surface area contributed by atoms with E-state index in [2.05, 4.69) is 51.2 Å². The van der Waals surface area contributed by atoms with Crippen molar-refractivity contribution in [1.82, 2.24) is 5.32 Å². The van der Waals surface area contributed by atoms with E-state index < -0.39 is 0 Å². The van der Waals surface area contributed by atoms with Crippen LogP contribution in [0.2, 0.25) is 0 Å². The lowest BCUT2D eigenvalue weighted by atomic mass is 9.80. The molecule has 1 aliphatic heterocycles. The molecule has 0 bridgehead atoms. The Kier molecular flexibility index (Phi) is 4.95. The van der Waals surface area contributed by atoms with Crippen molar-refractivity contribution in [3.05, 3.63) is 29.3 Å². The topological polar surface area (TPSA) is 30.5 Å². The quantitative estimate of drug-likeness (QED) is 0.782. The third-order valence-electron chi connectivity index (χ3n) is 4.25. The van der Waals surface area contributed by atoms with Crippen LogP contribution in [0.1, 0.15) is 45.2 Å². The van der Waals surface area contributed by atoms with Gasteiger partial charge in [0, 0.05) is 20.1 Å². The van der Waals surface area contributed by atoms with E-state index in [0.29, 0.717) is 0 Å². The summed E-state index contributed by atoms with van der Waals surface area (Å²) in [7, 11) is 1.74. The van der Waals surface area contributed by atoms with Crippen molar-refractivity contribution in [2.75, 3.05) is 26.8 Å². The number of benzene rings is 1. The van der Waals surface area contributed by atoms with Gasteiger partial charge in [0.1, 0.15) is 11.4 Å². The predicted molar refractivity (Wildman–Crippen MR) is 87.2 cm³/mol. The standard InChI is InChI=1S/C18H29NO2/c1-17(2,8-9-19-10-11-20-5)15-6-7-16-14(12-15)13-18(3,4)21-16/h6-7,12,19H,8-11,13H2,1-5H3. The predicted octanol–water partition coefficient (Wildman–Crippen LogP) is 3.30. The van der Waals surface area contributed by atoms with Crippen LogP contribution in [0.4, 0.5) is 0 Å². The lowest BCUT2D eigenvalue weighted by molar-refractivity contribution is 0.138. The van der Waals surface area contributed by atoms with Gasteiger partial charge in [0.2, 0.25) is 0 Å². The van der Waals surface area contributed by atoms with Gasteiger partial charge in [0.05, 0.1) is 6.61 Å². The first-order chi connectivity index (χ1) is 9.84. The fourth-order valence-electron chi connectivity index (χ4n) is 2.87. The molecular formula is C18H29NO2. The number of ether oxygens (including phenoxy) is 2. The molecule has 21 heavy (non-hydrogen) atoms. The van der Waals surface area contributed by atoms with Crippen LogP contribution in [0.15, 0.2) is 18.2 Å². The van der Waals surface area contributed by atoms with Crippen LogP contribution in [0.5, 0.6) is 5.75 Å². The Morgan fingerprint density at radius 2 is 2.05 bits per heavy atom. The molecule has 0 unspecified atom stereocenters. The third-order valence-corrected chi connectivity index (χ3v) is 4.25. The van der Waals surface area contributed by atoms with Gasteiger partial charge in [0.25, 0.3) is 0 Å². The molecule has 0 spiro atoms. The highest BCUT2D eigenvalue weighted by molar-refractivity contribution is 5.43. The Balaban J connectivity index is 1.98. The minimum Gasteiger partial charge on any atom is -0.487 e. The molecule has 0 fully saturated rings. The summed E-state index contributed by atoms with van der Waals surface area (Å²) in [6, 6.07) is 6.69. The van der Waals surface area contributed by atoms with Crippen LogP contribution < -0.4 is 10.1 Å². The van der Waals surface area contributed by atoms with E-state index in [9.17, 15) is 0 Å². The molecule has 3 nitrogen and oxygen atoms in total. The van der Waals surface area contributed by atoms with Gasteiger partial charge >= 0.3 is 0 Å². The number of hydrogen-bond donors (Lipinski definition) is 1. The van der Waals surface area contributed by atoms with Crippen LogP contribution in [-0.2, 0) is 16.6 Å². The van der Waals surface area contributed by atoms with Crippen molar-refractivity contribution >= 4 is 0 Å². The molecule has 0 aromatic heterocycles. The van der Waals surface area contributed by atoms with Gasteiger partial charge in [-0.3, -0.25) is 0 Å². The first kappa shape index (κ1) is 16.3. The second kappa shape index (κ2) is 6.37. The molecule has 0 saturated carbocycles. The van der Waals surface area contributed by atoms with Crippen molar-refractivity contribution in [2.45, 2.75) is 51.6 Å². The summed E-state index contributed by atoms with van der Waals surface area (Å²) in [4.78, 5) is 0. The summed E-state index contributed by atoms with van der Waals surface area (Å²) in [5.74, 6) is 1.05. The maximum Gasteiger partial charge on any atom is 0.123 e. The van der Waals surface area contributed by atoms with Gasteiger partial charge in [-0.15, -0.1) is 0 Å². The van der Waals surface area contributed by atoms with Gasteiger partial charge in [0.15, 0.2) is 0 Å². The second-order valence-corrected chi connectivity index (χ2v) is 7.24. The summed E-state index contributed by atoms with van der Waals surface area (Å²) < 4.78 is 11.0. The van der Waals surface area contributed by atoms with E-state index in [1.165, 1.54) is 11.1 Å². The van der Waals surface area contributed by atoms with Gasteiger partial charge in [-0.2, -0.15) is 0 Å². The Morgan fingerprint density at radius 3 is 2.76 bits per heavy atom. The van der Waals surface area contributed by atoms with Crippen LogP contribution in [-0.4, -0.2) is 32.4 Å². The number of hydrogen-bond acceptors (Lipinski definition) is 3. The molecule has 1 aliphatic rings. The van der Waals surface area contributed by atoms with Crippen LogP contribution in [0.3, 0.4) is 0 Å². The largest absolute Gasteiger partial charge is 0.487 e. The fourth-order valence-corrected chi connectivity index (χ4v) is 2.87. The summed E-state index contributed by atoms with van der Waals surface area (Å²) >= 11 is 0. The fraction of sp³-hybridized carbons (Fsp3) is 0.667. The molecule has 0 radical (unpaired) electrons. The molecule has 1 aromatic rings. The molecule has 118 valence electrons. The van der Waals surface area contributed by atoms with Gasteiger partial charge in [-0.1, -0.05) is 26.0 Å². The van der Waals surface area contributed by atoms with E-state index in [4.69, 9.17) is 9.47 Å². The lowest BCUT2D eigenvalue weighted by Crippen LogP contribution is -2.27. The Morgan fingerprint density at radius 1 is 1.29 bits per heavy atom. The first-order valence-corrected chi connectivity index (χ1v) is 7.86. The molecule has 0 aliphatic carbocycles. The van der Waals surface area contributed by atoms with Crippen molar-refractivity contribution in [1.29, 1.82) is 0 Å². The average molecular weight is 291 g/mol. The van der Waals surface area contributed by atoms with Crippen LogP contribution in [0.25, 0.3) is 0 Å². The van der Waals surface area contributed by atoms with Crippen LogP contribution >= 0.6 is 0 Å². The second-order valence-electron chi connectivity index (χ2n) is 7.24. The SMILES string of the molecule is COCCNCCC(C)(C)c1ccc2c(c1)CC(C)(C)O2. The zero-order valence-electron chi connectivity index (χ0n) is 14.1. The highest BCUT2D eigenvalue weighted by atomic mass is 16.5. The number of rotatable bonds is 7. The maximum atomic E-state index is 5.96. The Bertz CT molecular complexity index is 480. The smallest absolute Gasteiger partial charge is 0.123 e. The molecule has 0 amide bonds. The van der Waals surface area contributed by atoms with E-state index in [1.54, 1.807) is 7.11 Å². The van der Waals surface area contributed by atoms with E-state index >= 15 is 0 Å². The minimum atomic E-state index is -0.0627. The summed E-state index contributed by atoms with van der Waals surface area (Å²) in [6.07, 6.45) is 2.11. The van der Waals surface area contributed by atoms with E-state index in [1.807, 2.05) is 0 Å². The van der Waals surface area contributed by atoms with E-state index in [0.717, 1.165) is 38.3 Å². The van der Waals surface area contributed by atoms with Crippen LogP contribution in [0, 0.1) is 0 Å². The summed E-state index contributed by atoms with van der Waals surface area (Å²) in [5.41, 5.74) is 2.85. The Labute approximate surface area is 129 Å². The normalized spacial score (nSPS) is 16.6. The number of methoxy groups -OCH3 is 1. The van der Waals surface area contributed by atoms with Crippen molar-refractivity contribution < 1.29 is 9.47 Å². The monoisotopic (exact) mass is 291 g/mol. The molecule has 1 heterocycles. The zero-order valence-corrected chi connectivity index (χ0v) is 14.1. The van der Waals surface area contributed by atoms with Gasteiger partial charge < -0.3 is 14.8 Å². The number of fused-ring (bicyclic) bond motifs is 1. The molecule has 1 N–H and O–H groups in total. The maximum absolute atomic E-state index is 5.96. The number of nitrogens with one attached hydrogen (secondary N) is 1. The van der Waals surface area contributed by atoms with E-state index in [-0.39, 0.29) is 11.0 Å². The molecule has 3 heteroatoms. The first-order valence-electron chi connectivity index (χ1n) is 7.86. The minimum absolute atomic E-state index is 0.0627. The van der Waals surface area contributed by atoms with Gasteiger partial charge in [-0.25, -0.2) is 0 Å². The molecule has 2 rings (SSSR count). The molecule has 0 atom stereocenters. The van der Waals surface area contributed by atoms with Crippen molar-refractivity contribution in [3.8, 4) is 5.75 Å². The zero-order chi connectivity index (χ0) is 15.5. The summed E-state index contributed by atoms with van der Waals surface area (Å²) in [5, 5.41) is 3.43. The average Bonchev–Trinajstić information content (AvgIpc) is 2.71. The van der Waals surface area contributed by atoms with Crippen molar-refractivity contribution in [2.24, 2.45) is 0 Å². The third kappa shape index (κ3) is 4.21. The molecular weight excluding hydrogens is 262 g/mol. The van der Waals surface area contributed by atoms with Crippen molar-refractivity contribution in [3.63, 3.8) is 0 Å². The summed E-state index contributed by atoms with van der Waals surface area (Å²) in [6.45, 7) is 11.6. The molecule has 1 aromatic carbocycles.